The summed E-state index contributed by atoms with van der Waals surface area (Å²) in [6.45, 7) is 3.69. The van der Waals surface area contributed by atoms with Crippen molar-refractivity contribution in [3.63, 3.8) is 0 Å². The van der Waals surface area contributed by atoms with Crippen molar-refractivity contribution >= 4 is 15.8 Å². The third kappa shape index (κ3) is 3.45. The van der Waals surface area contributed by atoms with Crippen molar-refractivity contribution in [2.24, 2.45) is 0 Å². The molecular formula is C10H19NO4S. The van der Waals surface area contributed by atoms with Crippen LogP contribution in [0.25, 0.3) is 0 Å². The van der Waals surface area contributed by atoms with E-state index in [1.54, 1.807) is 6.92 Å². The maximum Gasteiger partial charge on any atom is 0.320 e. The van der Waals surface area contributed by atoms with E-state index in [4.69, 9.17) is 5.11 Å². The van der Waals surface area contributed by atoms with E-state index >= 15 is 0 Å². The number of rotatable bonds is 5. The fourth-order valence-corrected chi connectivity index (χ4v) is 4.20. The second kappa shape index (κ2) is 4.71. The maximum absolute atomic E-state index is 11.4. The molecule has 2 N–H and O–H groups in total. The van der Waals surface area contributed by atoms with Crippen LogP contribution in [0.4, 0.5) is 0 Å². The fraction of sp³-hybridized carbons (Fsp3) is 0.900. The zero-order chi connectivity index (χ0) is 12.4. The van der Waals surface area contributed by atoms with Crippen LogP contribution in [0.3, 0.4) is 0 Å². The largest absolute Gasteiger partial charge is 0.480 e. The van der Waals surface area contributed by atoms with Gasteiger partial charge in [-0.2, -0.15) is 0 Å². The van der Waals surface area contributed by atoms with Gasteiger partial charge in [-0.25, -0.2) is 8.42 Å². The molecule has 1 fully saturated rings. The molecule has 0 saturated carbocycles. The number of nitrogens with one attached hydrogen (secondary N) is 1. The van der Waals surface area contributed by atoms with Crippen LogP contribution in [0.15, 0.2) is 0 Å². The van der Waals surface area contributed by atoms with E-state index in [0.717, 1.165) is 6.42 Å². The van der Waals surface area contributed by atoms with Gasteiger partial charge in [-0.3, -0.25) is 10.1 Å². The third-order valence-electron chi connectivity index (χ3n) is 2.90. The molecule has 16 heavy (non-hydrogen) atoms. The van der Waals surface area contributed by atoms with Crippen LogP contribution >= 0.6 is 0 Å². The van der Waals surface area contributed by atoms with E-state index < -0.39 is 27.4 Å². The highest BCUT2D eigenvalue weighted by Gasteiger charge is 2.40. The summed E-state index contributed by atoms with van der Waals surface area (Å²) in [6.07, 6.45) is 1.76. The second-order valence-corrected chi connectivity index (χ2v) is 6.91. The minimum absolute atomic E-state index is 0.0352. The van der Waals surface area contributed by atoms with Gasteiger partial charge in [0.25, 0.3) is 0 Å². The highest BCUT2D eigenvalue weighted by atomic mass is 32.2. The molecule has 1 saturated heterocycles. The number of hydrogen-bond donors (Lipinski definition) is 2. The molecule has 0 amide bonds. The summed E-state index contributed by atoms with van der Waals surface area (Å²) < 4.78 is 22.7. The minimum atomic E-state index is -3.00. The van der Waals surface area contributed by atoms with Crippen LogP contribution in [0.1, 0.15) is 33.1 Å². The average molecular weight is 249 g/mol. The Kier molecular flexibility index (Phi) is 3.96. The van der Waals surface area contributed by atoms with Crippen molar-refractivity contribution in [1.82, 2.24) is 5.32 Å². The highest BCUT2D eigenvalue weighted by molar-refractivity contribution is 7.91. The van der Waals surface area contributed by atoms with E-state index in [1.807, 2.05) is 6.92 Å². The highest BCUT2D eigenvalue weighted by Crippen LogP contribution is 2.24. The molecule has 0 radical (unpaired) electrons. The smallest absolute Gasteiger partial charge is 0.320 e. The Morgan fingerprint density at radius 3 is 2.56 bits per heavy atom. The standard InChI is InChI=1S/C10H19NO4S/c1-3-4-8(9(12)13)11-10(2)5-6-16(14,15)7-10/h8,11H,3-7H2,1-2H3,(H,12,13). The van der Waals surface area contributed by atoms with Gasteiger partial charge in [-0.15, -0.1) is 0 Å². The van der Waals surface area contributed by atoms with Crippen molar-refractivity contribution in [3.8, 4) is 0 Å². The Morgan fingerprint density at radius 1 is 1.56 bits per heavy atom. The molecule has 1 aliphatic rings. The molecule has 6 heteroatoms. The molecule has 0 spiro atoms. The number of carbonyl (C=O) groups is 1. The first kappa shape index (κ1) is 13.4. The molecule has 0 bridgehead atoms. The summed E-state index contributed by atoms with van der Waals surface area (Å²) in [7, 11) is -3.00. The van der Waals surface area contributed by atoms with Crippen molar-refractivity contribution < 1.29 is 18.3 Å². The molecule has 0 aromatic heterocycles. The predicted molar refractivity (Wildman–Crippen MR) is 61.1 cm³/mol. The van der Waals surface area contributed by atoms with Gasteiger partial charge in [-0.1, -0.05) is 13.3 Å². The van der Waals surface area contributed by atoms with Gasteiger partial charge < -0.3 is 5.11 Å². The Morgan fingerprint density at radius 2 is 2.19 bits per heavy atom. The van der Waals surface area contributed by atoms with Crippen LogP contribution in [-0.4, -0.2) is 42.6 Å². The predicted octanol–water partition coefficient (Wildman–Crippen LogP) is 0.407. The quantitative estimate of drug-likeness (QED) is 0.737. The van der Waals surface area contributed by atoms with Crippen LogP contribution in [0, 0.1) is 0 Å². The zero-order valence-corrected chi connectivity index (χ0v) is 10.5. The second-order valence-electron chi connectivity index (χ2n) is 4.73. The lowest BCUT2D eigenvalue weighted by molar-refractivity contribution is -0.140. The number of carboxylic acid groups (broad SMARTS) is 1. The van der Waals surface area contributed by atoms with Crippen LogP contribution in [0.5, 0.6) is 0 Å². The Bertz CT molecular complexity index is 365. The summed E-state index contributed by atoms with van der Waals surface area (Å²) in [4.78, 5) is 11.0. The molecule has 0 aromatic rings. The van der Waals surface area contributed by atoms with Crippen molar-refractivity contribution in [2.45, 2.75) is 44.7 Å². The van der Waals surface area contributed by atoms with E-state index in [-0.39, 0.29) is 11.5 Å². The number of hydrogen-bond acceptors (Lipinski definition) is 4. The van der Waals surface area contributed by atoms with E-state index in [9.17, 15) is 13.2 Å². The lowest BCUT2D eigenvalue weighted by Gasteiger charge is -2.28. The Labute approximate surface area is 96.1 Å². The first-order valence-electron chi connectivity index (χ1n) is 5.49. The molecule has 1 heterocycles. The van der Waals surface area contributed by atoms with Gasteiger partial charge in [0.15, 0.2) is 9.84 Å². The monoisotopic (exact) mass is 249 g/mol. The third-order valence-corrected chi connectivity index (χ3v) is 4.80. The van der Waals surface area contributed by atoms with Crippen LogP contribution in [-0.2, 0) is 14.6 Å². The molecule has 94 valence electrons. The summed E-state index contributed by atoms with van der Waals surface area (Å²) in [5.41, 5.74) is -0.586. The maximum atomic E-state index is 11.4. The van der Waals surface area contributed by atoms with E-state index in [2.05, 4.69) is 5.32 Å². The topological polar surface area (TPSA) is 83.5 Å². The SMILES string of the molecule is CCCC(NC1(C)CCS(=O)(=O)C1)C(=O)O. The van der Waals surface area contributed by atoms with Crippen molar-refractivity contribution in [3.05, 3.63) is 0 Å². The van der Waals surface area contributed by atoms with Crippen molar-refractivity contribution in [2.75, 3.05) is 11.5 Å². The molecule has 2 unspecified atom stereocenters. The first-order chi connectivity index (χ1) is 7.28. The van der Waals surface area contributed by atoms with E-state index in [0.29, 0.717) is 12.8 Å². The Hall–Kier alpha value is -0.620. The van der Waals surface area contributed by atoms with Crippen molar-refractivity contribution in [1.29, 1.82) is 0 Å². The van der Waals surface area contributed by atoms with Gasteiger partial charge in [-0.05, 0) is 19.8 Å². The lowest BCUT2D eigenvalue weighted by atomic mass is 9.99. The van der Waals surface area contributed by atoms with Crippen LogP contribution in [0.2, 0.25) is 0 Å². The molecule has 0 aliphatic carbocycles. The molecule has 1 rings (SSSR count). The molecule has 2 atom stereocenters. The lowest BCUT2D eigenvalue weighted by Crippen LogP contribution is -2.52. The van der Waals surface area contributed by atoms with Gasteiger partial charge >= 0.3 is 5.97 Å². The summed E-state index contributed by atoms with van der Waals surface area (Å²) in [6, 6.07) is -0.650. The molecular weight excluding hydrogens is 230 g/mol. The molecule has 0 aromatic carbocycles. The number of aliphatic carboxylic acids is 1. The summed E-state index contributed by atoms with van der Waals surface area (Å²) in [5.74, 6) is -0.727. The van der Waals surface area contributed by atoms with Gasteiger partial charge in [0.1, 0.15) is 6.04 Å². The summed E-state index contributed by atoms with van der Waals surface area (Å²) in [5, 5.41) is 12.0. The summed E-state index contributed by atoms with van der Waals surface area (Å²) >= 11 is 0. The fourth-order valence-electron chi connectivity index (χ4n) is 2.09. The van der Waals surface area contributed by atoms with Gasteiger partial charge in [0.05, 0.1) is 11.5 Å². The number of sulfone groups is 1. The normalized spacial score (nSPS) is 30.1. The minimum Gasteiger partial charge on any atom is -0.480 e. The zero-order valence-electron chi connectivity index (χ0n) is 9.69. The van der Waals surface area contributed by atoms with E-state index in [1.165, 1.54) is 0 Å². The average Bonchev–Trinajstić information content (AvgIpc) is 2.40. The molecule has 1 aliphatic heterocycles. The Balaban J connectivity index is 2.68. The van der Waals surface area contributed by atoms with Crippen LogP contribution < -0.4 is 5.32 Å². The number of carboxylic acids is 1. The van der Waals surface area contributed by atoms with Gasteiger partial charge in [0, 0.05) is 5.54 Å². The van der Waals surface area contributed by atoms with Gasteiger partial charge in [0.2, 0.25) is 0 Å². The molecule has 5 nitrogen and oxygen atoms in total. The first-order valence-corrected chi connectivity index (χ1v) is 7.31.